The van der Waals surface area contributed by atoms with E-state index >= 15 is 0 Å². The van der Waals surface area contributed by atoms with Gasteiger partial charge in [0.05, 0.1) is 0 Å². The molecule has 0 spiro atoms. The lowest BCUT2D eigenvalue weighted by atomic mass is 10.1. The fourth-order valence-electron chi connectivity index (χ4n) is 1.20. The highest BCUT2D eigenvalue weighted by molar-refractivity contribution is 5.87. The van der Waals surface area contributed by atoms with E-state index in [4.69, 9.17) is 0 Å². The molecule has 5 radical (unpaired) electrons. The summed E-state index contributed by atoms with van der Waals surface area (Å²) in [6.45, 7) is 0. The lowest BCUT2D eigenvalue weighted by Gasteiger charge is -1.95. The minimum atomic E-state index is 0. The minimum Gasteiger partial charge on any atom is -0.289 e. The molecule has 0 bridgehead atoms. The van der Waals surface area contributed by atoms with Gasteiger partial charge in [0.1, 0.15) is 0 Å². The molecule has 0 fully saturated rings. The quantitative estimate of drug-likeness (QED) is 0.543. The topological polar surface area (TPSA) is 19.9 Å². The van der Waals surface area contributed by atoms with Crippen molar-refractivity contribution in [1.82, 2.24) is 0 Å². The van der Waals surface area contributed by atoms with E-state index in [1.165, 1.54) is 0 Å². The molecule has 0 aromatic heterocycles. The first-order valence-corrected chi connectivity index (χ1v) is 3.53. The Bertz CT molecular complexity index is 379. The summed E-state index contributed by atoms with van der Waals surface area (Å²) >= 11 is 0. The summed E-state index contributed by atoms with van der Waals surface area (Å²) in [5, 5.41) is 13.0. The molecule has 0 heterocycles. The first-order valence-electron chi connectivity index (χ1n) is 3.53. The maximum Gasteiger partial charge on any atom is 0.186 e. The largest absolute Gasteiger partial charge is 0.289 e. The Morgan fingerprint density at radius 1 is 0.833 bits per heavy atom. The van der Waals surface area contributed by atoms with Crippen LogP contribution in [0.4, 0.5) is 0 Å². The summed E-state index contributed by atoms with van der Waals surface area (Å²) in [7, 11) is 0. The Morgan fingerprint density at radius 3 is 2.25 bits per heavy atom. The van der Waals surface area contributed by atoms with Crippen LogP contribution in [-0.4, -0.2) is 11.0 Å². The summed E-state index contributed by atoms with van der Waals surface area (Å²) in [5.74, 6) is 0.100. The van der Waals surface area contributed by atoms with Crippen LogP contribution in [0.2, 0.25) is 0 Å². The Kier molecular flexibility index (Phi) is 2.50. The molecule has 57 valence electrons. The van der Waals surface area contributed by atoms with Gasteiger partial charge in [0.25, 0.3) is 0 Å². The highest BCUT2D eigenvalue weighted by atomic mass is 28.1. The molecule has 2 heteroatoms. The third-order valence-electron chi connectivity index (χ3n) is 1.75. The van der Waals surface area contributed by atoms with Crippen molar-refractivity contribution in [2.45, 2.75) is 0 Å². The van der Waals surface area contributed by atoms with Crippen LogP contribution in [0.25, 0.3) is 10.8 Å². The van der Waals surface area contributed by atoms with E-state index in [2.05, 4.69) is 0 Å². The maximum absolute atomic E-state index is 11.2. The molecule has 0 aliphatic heterocycles. The fraction of sp³-hybridized carbons (Fsp3) is 0. The van der Waals surface area contributed by atoms with Gasteiger partial charge in [-0.15, -0.1) is 0 Å². The second kappa shape index (κ2) is 3.41. The Morgan fingerprint density at radius 2 is 1.50 bits per heavy atom. The highest BCUT2D eigenvalue weighted by Gasteiger charge is 1.96. The maximum atomic E-state index is 11.2. The van der Waals surface area contributed by atoms with E-state index in [1.54, 1.807) is 12.1 Å². The Balaban J connectivity index is 0.000000720. The minimum absolute atomic E-state index is 0. The van der Waals surface area contributed by atoms with Crippen LogP contribution in [0.15, 0.2) is 42.5 Å². The molecule has 0 unspecified atom stereocenters. The molecule has 2 aromatic carbocycles. The zero-order valence-corrected chi connectivity index (χ0v) is 7.45. The molecule has 2 rings (SSSR count). The highest BCUT2D eigenvalue weighted by Crippen LogP contribution is 2.23. The van der Waals surface area contributed by atoms with Gasteiger partial charge in [0.2, 0.25) is 0 Å². The van der Waals surface area contributed by atoms with Crippen LogP contribution < -0.4 is 0 Å². The molecule has 1 nitrogen and oxygen atoms in total. The summed E-state index contributed by atoms with van der Waals surface area (Å²) in [5.41, 5.74) is 0. The van der Waals surface area contributed by atoms with Gasteiger partial charge in [0, 0.05) is 16.4 Å². The number of fused-ring (bicyclic) bond motifs is 1. The zero-order chi connectivity index (χ0) is 7.68. The Labute approximate surface area is 75.7 Å². The molecule has 0 N–H and O–H groups in total. The summed E-state index contributed by atoms with van der Waals surface area (Å²) < 4.78 is 0. The molecule has 0 aliphatic carbocycles. The van der Waals surface area contributed by atoms with Crippen molar-refractivity contribution in [2.75, 3.05) is 0 Å². The second-order valence-corrected chi connectivity index (χ2v) is 2.48. The van der Waals surface area contributed by atoms with Crippen molar-refractivity contribution < 1.29 is 5.11 Å². The molecular formula is C10H7OSi. The van der Waals surface area contributed by atoms with E-state index in [-0.39, 0.29) is 16.7 Å². The first kappa shape index (κ1) is 8.81. The molecule has 0 amide bonds. The van der Waals surface area contributed by atoms with Crippen LogP contribution in [0.5, 0.6) is 5.75 Å². The van der Waals surface area contributed by atoms with E-state index in [0.29, 0.717) is 0 Å². The summed E-state index contributed by atoms with van der Waals surface area (Å²) in [4.78, 5) is 0. The molecular weight excluding hydrogens is 164 g/mol. The van der Waals surface area contributed by atoms with E-state index in [1.807, 2.05) is 30.3 Å². The SMILES string of the molecule is [O]c1cccc2ccccc12.[Si]. The molecule has 0 atom stereocenters. The van der Waals surface area contributed by atoms with Crippen molar-refractivity contribution in [3.05, 3.63) is 42.5 Å². The molecule has 0 saturated heterocycles. The smallest absolute Gasteiger partial charge is 0.186 e. The van der Waals surface area contributed by atoms with Crippen molar-refractivity contribution >= 4 is 21.7 Å². The normalized spacial score (nSPS) is 9.33. The molecule has 2 aromatic rings. The predicted octanol–water partition coefficient (Wildman–Crippen LogP) is 2.60. The van der Waals surface area contributed by atoms with Crippen LogP contribution in [0.3, 0.4) is 0 Å². The van der Waals surface area contributed by atoms with Crippen LogP contribution >= 0.6 is 0 Å². The molecule has 12 heavy (non-hydrogen) atoms. The van der Waals surface area contributed by atoms with Gasteiger partial charge in [-0.1, -0.05) is 36.4 Å². The number of hydrogen-bond acceptors (Lipinski definition) is 0. The number of benzene rings is 2. The second-order valence-electron chi connectivity index (χ2n) is 2.48. The van der Waals surface area contributed by atoms with Crippen molar-refractivity contribution in [2.24, 2.45) is 0 Å². The third-order valence-corrected chi connectivity index (χ3v) is 1.75. The standard InChI is InChI=1S/C10H7O.Si/c11-10-7-3-5-8-4-1-2-6-9(8)10;/h1-7H;. The Hall–Kier alpha value is -1.28. The fourth-order valence-corrected chi connectivity index (χ4v) is 1.20. The lowest BCUT2D eigenvalue weighted by Crippen LogP contribution is -1.69. The first-order chi connectivity index (χ1) is 5.38. The number of rotatable bonds is 0. The van der Waals surface area contributed by atoms with Crippen molar-refractivity contribution in [1.29, 1.82) is 0 Å². The monoisotopic (exact) mass is 171 g/mol. The van der Waals surface area contributed by atoms with Gasteiger partial charge in [-0.2, -0.15) is 0 Å². The average Bonchev–Trinajstić information content (AvgIpc) is 2.06. The predicted molar refractivity (Wildman–Crippen MR) is 49.8 cm³/mol. The van der Waals surface area contributed by atoms with Gasteiger partial charge in [-0.25, -0.2) is 0 Å². The van der Waals surface area contributed by atoms with Crippen LogP contribution in [0.1, 0.15) is 0 Å². The average molecular weight is 171 g/mol. The van der Waals surface area contributed by atoms with Crippen LogP contribution in [-0.2, 0) is 5.11 Å². The van der Waals surface area contributed by atoms with Gasteiger partial charge >= 0.3 is 0 Å². The summed E-state index contributed by atoms with van der Waals surface area (Å²) in [6.07, 6.45) is 0. The van der Waals surface area contributed by atoms with E-state index in [9.17, 15) is 5.11 Å². The van der Waals surface area contributed by atoms with E-state index in [0.717, 1.165) is 10.8 Å². The van der Waals surface area contributed by atoms with Gasteiger partial charge in [-0.3, -0.25) is 5.11 Å². The lowest BCUT2D eigenvalue weighted by molar-refractivity contribution is 0.360. The van der Waals surface area contributed by atoms with E-state index < -0.39 is 0 Å². The van der Waals surface area contributed by atoms with Gasteiger partial charge in [-0.05, 0) is 11.5 Å². The third kappa shape index (κ3) is 1.34. The van der Waals surface area contributed by atoms with Gasteiger partial charge in [0.15, 0.2) is 5.75 Å². The zero-order valence-electron chi connectivity index (χ0n) is 6.45. The van der Waals surface area contributed by atoms with Crippen molar-refractivity contribution in [3.8, 4) is 5.75 Å². The van der Waals surface area contributed by atoms with Crippen molar-refractivity contribution in [3.63, 3.8) is 0 Å². The summed E-state index contributed by atoms with van der Waals surface area (Å²) in [6, 6.07) is 12.9. The molecule has 0 saturated carbocycles. The number of hydrogen-bond donors (Lipinski definition) is 0. The molecule has 0 aliphatic rings. The van der Waals surface area contributed by atoms with Gasteiger partial charge < -0.3 is 0 Å². The van der Waals surface area contributed by atoms with Crippen LogP contribution in [0, 0.1) is 0 Å².